The van der Waals surface area contributed by atoms with Crippen LogP contribution in [0.1, 0.15) is 198 Å². The van der Waals surface area contributed by atoms with Crippen LogP contribution >= 0.6 is 0 Å². The van der Waals surface area contributed by atoms with Crippen molar-refractivity contribution in [2.45, 2.75) is 269 Å². The highest BCUT2D eigenvalue weighted by atomic mass is 32.2. The maximum Gasteiger partial charge on any atom is 0.409 e. The van der Waals surface area contributed by atoms with E-state index in [2.05, 4.69) is 86.2 Å². The van der Waals surface area contributed by atoms with Gasteiger partial charge in [-0.2, -0.15) is 4.31 Å². The molecule has 6 saturated heterocycles. The lowest BCUT2D eigenvalue weighted by Gasteiger charge is -2.41. The number of rotatable bonds is 19. The smallest absolute Gasteiger partial charge is 0.409 e. The van der Waals surface area contributed by atoms with Crippen molar-refractivity contribution in [3.05, 3.63) is 108 Å². The van der Waals surface area contributed by atoms with Crippen molar-refractivity contribution in [3.63, 3.8) is 0 Å². The van der Waals surface area contributed by atoms with Crippen LogP contribution in [-0.4, -0.2) is 143 Å². The van der Waals surface area contributed by atoms with Gasteiger partial charge in [-0.15, -0.1) is 0 Å². The third kappa shape index (κ3) is 23.6. The lowest BCUT2D eigenvalue weighted by Crippen LogP contribution is -2.53. The van der Waals surface area contributed by atoms with Gasteiger partial charge in [-0.05, 0) is 207 Å². The van der Waals surface area contributed by atoms with E-state index in [1.54, 1.807) is 0 Å². The molecule has 6 fully saturated rings. The average molecular weight is 1290 g/mol. The molecule has 0 aromatic heterocycles. The van der Waals surface area contributed by atoms with Crippen molar-refractivity contribution >= 4 is 49.1 Å². The molecule has 3 aromatic carbocycles. The van der Waals surface area contributed by atoms with Crippen LogP contribution in [-0.2, 0) is 67.0 Å². The number of hydrogen-bond donors (Lipinski definition) is 4. The zero-order valence-electron chi connectivity index (χ0n) is 56.9. The number of methoxy groups -OCH3 is 1. The van der Waals surface area contributed by atoms with E-state index < -0.39 is 43.0 Å². The summed E-state index contributed by atoms with van der Waals surface area (Å²) in [7, 11) is -1.28. The van der Waals surface area contributed by atoms with Gasteiger partial charge in [0, 0.05) is 60.9 Å². The molecule has 3 aromatic rings. The maximum atomic E-state index is 13.1. The molecule has 496 valence electrons. The van der Waals surface area contributed by atoms with E-state index in [0.717, 1.165) is 70.6 Å². The molecule has 0 radical (unpaired) electrons. The third-order valence-electron chi connectivity index (χ3n) is 17.5. The lowest BCUT2D eigenvalue weighted by atomic mass is 9.83. The number of ether oxygens (including phenoxy) is 1. The van der Waals surface area contributed by atoms with Gasteiger partial charge in [0.25, 0.3) is 0 Å². The minimum atomic E-state index is -3.26. The molecular formula is C69H119N7O7S4. The van der Waals surface area contributed by atoms with Crippen LogP contribution in [0.25, 0.3) is 0 Å². The van der Waals surface area contributed by atoms with E-state index in [0.29, 0.717) is 42.4 Å². The van der Waals surface area contributed by atoms with Crippen molar-refractivity contribution in [3.8, 4) is 0 Å². The number of fused-ring (bicyclic) bond motifs is 6. The van der Waals surface area contributed by atoms with Crippen LogP contribution in [0.3, 0.4) is 0 Å². The highest BCUT2D eigenvalue weighted by Crippen LogP contribution is 2.44. The number of hydrogen-bond acceptors (Lipinski definition) is 9. The molecule has 6 aliphatic rings. The fraction of sp³-hybridized carbons (Fsp3) is 0.725. The molecule has 6 bridgehead atoms. The number of benzene rings is 3. The molecule has 0 saturated carbocycles. The second-order valence-electron chi connectivity index (χ2n) is 27.3. The summed E-state index contributed by atoms with van der Waals surface area (Å²) in [4.78, 5) is 16.0. The van der Waals surface area contributed by atoms with Crippen LogP contribution in [0.4, 0.5) is 4.79 Å². The summed E-state index contributed by atoms with van der Waals surface area (Å²) in [6.45, 7) is 30.6. The van der Waals surface area contributed by atoms with E-state index in [1.165, 1.54) is 49.5 Å². The van der Waals surface area contributed by atoms with E-state index in [9.17, 15) is 25.8 Å². The fourth-order valence-corrected chi connectivity index (χ4v) is 18.0. The maximum absolute atomic E-state index is 13.1. The van der Waals surface area contributed by atoms with Gasteiger partial charge in [0.2, 0.25) is 10.0 Å². The molecule has 18 heteroatoms. The number of carbonyl (C=O) groups excluding carboxylic acids is 1. The van der Waals surface area contributed by atoms with Gasteiger partial charge in [-0.3, -0.25) is 0 Å². The second-order valence-corrected chi connectivity index (χ2v) is 35.3. The van der Waals surface area contributed by atoms with Gasteiger partial charge < -0.3 is 19.9 Å². The molecule has 0 aliphatic carbocycles. The Morgan fingerprint density at radius 3 is 1.13 bits per heavy atom. The van der Waals surface area contributed by atoms with Gasteiger partial charge >= 0.3 is 6.09 Å². The Balaban J connectivity index is 0.000000270. The summed E-state index contributed by atoms with van der Waals surface area (Å²) in [5.41, 5.74) is 3.81. The van der Waals surface area contributed by atoms with Gasteiger partial charge in [-0.1, -0.05) is 133 Å². The highest BCUT2D eigenvalue weighted by Gasteiger charge is 2.49. The average Bonchev–Trinajstić information content (AvgIpc) is 1.83. The number of sulfonamides is 1. The van der Waals surface area contributed by atoms with Gasteiger partial charge in [0.1, 0.15) is 0 Å². The first-order valence-electron chi connectivity index (χ1n) is 33.1. The quantitative estimate of drug-likeness (QED) is 0.0912. The monoisotopic (exact) mass is 1290 g/mol. The molecule has 6 aliphatic heterocycles. The van der Waals surface area contributed by atoms with Gasteiger partial charge in [-0.25, -0.2) is 40.0 Å². The first kappa shape index (κ1) is 76.5. The summed E-state index contributed by atoms with van der Waals surface area (Å²) in [5, 5.41) is 3.72. The number of amides is 1. The Morgan fingerprint density at radius 2 is 0.828 bits per heavy atom. The van der Waals surface area contributed by atoms with Crippen molar-refractivity contribution in [1.82, 2.24) is 33.6 Å². The fourth-order valence-electron chi connectivity index (χ4n) is 13.2. The molecule has 4 N–H and O–H groups in total. The largest absolute Gasteiger partial charge is 0.453 e. The van der Waals surface area contributed by atoms with Gasteiger partial charge in [0.15, 0.2) is 0 Å². The van der Waals surface area contributed by atoms with Crippen molar-refractivity contribution in [2.75, 3.05) is 33.5 Å². The summed E-state index contributed by atoms with van der Waals surface area (Å²) in [6, 6.07) is 33.8. The Kier molecular flexibility index (Phi) is 32.0. The molecule has 6 heterocycles. The minimum Gasteiger partial charge on any atom is -0.453 e. The zero-order valence-corrected chi connectivity index (χ0v) is 60.2. The second kappa shape index (κ2) is 36.4. The first-order chi connectivity index (χ1) is 41.2. The lowest BCUT2D eigenvalue weighted by molar-refractivity contribution is 0.0651. The zero-order chi connectivity index (χ0) is 64.9. The Hall–Kier alpha value is -2.91. The molecule has 14 nitrogen and oxygen atoms in total. The Labute approximate surface area is 537 Å². The summed E-state index contributed by atoms with van der Waals surface area (Å²) in [6.07, 6.45) is 15.0. The Bertz CT molecular complexity index is 2590. The van der Waals surface area contributed by atoms with Crippen molar-refractivity contribution < 1.29 is 30.6 Å². The molecule has 15 atom stereocenters. The summed E-state index contributed by atoms with van der Waals surface area (Å²) >= 11 is 0. The molecule has 0 spiro atoms. The van der Waals surface area contributed by atoms with E-state index in [1.807, 2.05) is 156 Å². The third-order valence-corrected chi connectivity index (χ3v) is 24.4. The standard InChI is InChI=1S/C23H39N3O3S2.C21H32N2O3S.C19H30N2OS.3C2H6/c1-23(2,3)30(27)24-22(15-18-9-7-6-8-10-18)19-16-20-11-12-21(17-19)26(20)31(28,29)14-13-25(4)5;1-21(2,3)27(25)22-19(12-15-8-6-5-7-9-15)16-13-17-10-11-18(14-16)23(17)20(24)26-4;1-19(2,3)23(22)21-18(11-14-7-5-4-6-8-14)15-12-16-9-10-17(13-15)20-16;3*1-2/h6-10,19-22,24H,11-17H2,1-5H3;5-9,16-19,22H,10-14H2,1-4H3;4-8,15-18,20-21H,9-13H2,1-3H3;3*1-2H3/t19?,20-,21+,22-,30-;16?,17-,18+,19-,27-;15?,16-,17+,18-,23-;;;/m000.../s1. The first-order valence-corrected chi connectivity index (χ1v) is 38.2. The number of carbonyl (C=O) groups is 1. The van der Waals surface area contributed by atoms with Crippen molar-refractivity contribution in [1.29, 1.82) is 0 Å². The van der Waals surface area contributed by atoms with E-state index in [-0.39, 0.29) is 62.3 Å². The normalized spacial score (nSPS) is 26.2. The minimum absolute atomic E-state index is 0.0668. The van der Waals surface area contributed by atoms with Crippen LogP contribution in [0.5, 0.6) is 0 Å². The Morgan fingerprint density at radius 1 is 0.529 bits per heavy atom. The molecule has 3 unspecified atom stereocenters. The molecule has 9 rings (SSSR count). The molecular weight excluding hydrogens is 1170 g/mol. The predicted octanol–water partition coefficient (Wildman–Crippen LogP) is 12.7. The SMILES string of the molecule is CC.CC.CC.CC(C)(C)[S@](=O)N[C@@H](Cc1ccccc1)C1C[C@H]2CC[C@@H](C1)N2.CN(C)CCS(=O)(=O)N1[C@@H]2CC[C@H]1CC([C@H](Cc1ccccc1)N[S@@](=O)C(C)(C)C)C2.COC(=O)N1[C@@H]2CC[C@H]1CC([C@H](Cc1ccccc1)N[S@@](=O)C(C)(C)C)C2. The van der Waals surface area contributed by atoms with Gasteiger partial charge in [0.05, 0.1) is 60.1 Å². The van der Waals surface area contributed by atoms with Crippen LogP contribution in [0.15, 0.2) is 91.0 Å². The van der Waals surface area contributed by atoms with E-state index >= 15 is 0 Å². The molecule has 1 amide bonds. The predicted molar refractivity (Wildman–Crippen MR) is 369 cm³/mol. The van der Waals surface area contributed by atoms with Crippen LogP contribution < -0.4 is 19.5 Å². The van der Waals surface area contributed by atoms with E-state index in [4.69, 9.17) is 4.74 Å². The number of piperidine rings is 3. The molecule has 87 heavy (non-hydrogen) atoms. The summed E-state index contributed by atoms with van der Waals surface area (Å²) < 4.78 is 80.9. The summed E-state index contributed by atoms with van der Waals surface area (Å²) in [5.74, 6) is 1.50. The van der Waals surface area contributed by atoms with Crippen LogP contribution in [0.2, 0.25) is 0 Å². The highest BCUT2D eigenvalue weighted by molar-refractivity contribution is 7.89. The van der Waals surface area contributed by atoms with Crippen molar-refractivity contribution in [2.24, 2.45) is 17.8 Å². The topological polar surface area (TPSA) is 169 Å². The number of nitrogens with zero attached hydrogens (tertiary/aromatic N) is 3. The number of nitrogens with one attached hydrogen (secondary N) is 4. The van der Waals surface area contributed by atoms with Crippen LogP contribution in [0, 0.1) is 17.8 Å².